The maximum atomic E-state index is 11.6. The van der Waals surface area contributed by atoms with Crippen LogP contribution in [-0.2, 0) is 4.79 Å². The van der Waals surface area contributed by atoms with Crippen LogP contribution in [0, 0.1) is 5.92 Å². The lowest BCUT2D eigenvalue weighted by atomic mass is 9.93. The Morgan fingerprint density at radius 2 is 2.10 bits per heavy atom. The molecule has 0 radical (unpaired) electrons. The molecule has 0 heterocycles. The molecule has 0 saturated heterocycles. The number of nitrogens with two attached hydrogens (primary N) is 1. The molecule has 0 aromatic rings. The van der Waals surface area contributed by atoms with Gasteiger partial charge in [-0.25, -0.2) is 0 Å². The number of unbranched alkanes of at least 4 members (excludes halogenated alkanes) is 1. The van der Waals surface area contributed by atoms with Crippen molar-refractivity contribution >= 4 is 5.91 Å². The van der Waals surface area contributed by atoms with E-state index in [-0.39, 0.29) is 5.91 Å². The standard InChI is InChI=1S/C16H33N3O/c1-5-13(2)12-19(4)11-7-6-10-16(3,15(17)20)18-14-8-9-14/h13-14,18H,5-12H2,1-4H3,(H2,17,20). The van der Waals surface area contributed by atoms with Crippen molar-refractivity contribution in [3.8, 4) is 0 Å². The number of hydrogen-bond acceptors (Lipinski definition) is 3. The van der Waals surface area contributed by atoms with Crippen LogP contribution in [0.4, 0.5) is 0 Å². The third-order valence-corrected chi connectivity index (χ3v) is 4.43. The molecule has 1 aliphatic rings. The number of nitrogens with one attached hydrogen (secondary N) is 1. The molecule has 118 valence electrons. The molecule has 0 aromatic carbocycles. The second-order valence-electron chi connectivity index (χ2n) is 6.85. The Morgan fingerprint density at radius 3 is 2.60 bits per heavy atom. The second kappa shape index (κ2) is 7.99. The van der Waals surface area contributed by atoms with Crippen LogP contribution in [0.25, 0.3) is 0 Å². The van der Waals surface area contributed by atoms with Crippen LogP contribution in [0.2, 0.25) is 0 Å². The van der Waals surface area contributed by atoms with Crippen molar-refractivity contribution in [1.29, 1.82) is 0 Å². The number of hydrogen-bond donors (Lipinski definition) is 2. The van der Waals surface area contributed by atoms with Crippen LogP contribution in [0.15, 0.2) is 0 Å². The van der Waals surface area contributed by atoms with E-state index in [0.29, 0.717) is 6.04 Å². The molecule has 0 bridgehead atoms. The van der Waals surface area contributed by atoms with Gasteiger partial charge in [-0.05, 0) is 58.5 Å². The lowest BCUT2D eigenvalue weighted by molar-refractivity contribution is -0.124. The summed E-state index contributed by atoms with van der Waals surface area (Å²) in [6.45, 7) is 8.74. The zero-order chi connectivity index (χ0) is 15.2. The van der Waals surface area contributed by atoms with Crippen molar-refractivity contribution in [2.75, 3.05) is 20.1 Å². The Balaban J connectivity index is 2.21. The molecule has 2 atom stereocenters. The summed E-state index contributed by atoms with van der Waals surface area (Å²) in [5.41, 5.74) is 5.04. The molecule has 2 unspecified atom stereocenters. The predicted octanol–water partition coefficient (Wildman–Crippen LogP) is 2.13. The molecule has 1 fully saturated rings. The van der Waals surface area contributed by atoms with Gasteiger partial charge in [0.05, 0.1) is 5.54 Å². The first-order valence-electron chi connectivity index (χ1n) is 8.13. The molecule has 4 nitrogen and oxygen atoms in total. The predicted molar refractivity (Wildman–Crippen MR) is 84.6 cm³/mol. The highest BCUT2D eigenvalue weighted by molar-refractivity contribution is 5.84. The van der Waals surface area contributed by atoms with Crippen molar-refractivity contribution in [3.05, 3.63) is 0 Å². The van der Waals surface area contributed by atoms with Gasteiger partial charge in [0.15, 0.2) is 0 Å². The smallest absolute Gasteiger partial charge is 0.237 e. The Bertz CT molecular complexity index is 304. The molecular formula is C16H33N3O. The van der Waals surface area contributed by atoms with Crippen LogP contribution in [0.5, 0.6) is 0 Å². The molecule has 3 N–H and O–H groups in total. The Morgan fingerprint density at radius 1 is 1.45 bits per heavy atom. The summed E-state index contributed by atoms with van der Waals surface area (Å²) >= 11 is 0. The zero-order valence-electron chi connectivity index (χ0n) is 13.7. The third-order valence-electron chi connectivity index (χ3n) is 4.43. The maximum Gasteiger partial charge on any atom is 0.237 e. The fourth-order valence-electron chi connectivity index (χ4n) is 2.56. The van der Waals surface area contributed by atoms with Gasteiger partial charge in [-0.2, -0.15) is 0 Å². The molecule has 0 spiro atoms. The van der Waals surface area contributed by atoms with E-state index in [9.17, 15) is 4.79 Å². The summed E-state index contributed by atoms with van der Waals surface area (Å²) in [7, 11) is 2.18. The largest absolute Gasteiger partial charge is 0.368 e. The first-order chi connectivity index (χ1) is 9.37. The van der Waals surface area contributed by atoms with Crippen molar-refractivity contribution < 1.29 is 4.79 Å². The van der Waals surface area contributed by atoms with E-state index in [1.165, 1.54) is 19.3 Å². The lowest BCUT2D eigenvalue weighted by Crippen LogP contribution is -2.54. The van der Waals surface area contributed by atoms with Crippen molar-refractivity contribution in [2.24, 2.45) is 11.7 Å². The first kappa shape index (κ1) is 17.4. The average molecular weight is 283 g/mol. The van der Waals surface area contributed by atoms with Crippen molar-refractivity contribution in [3.63, 3.8) is 0 Å². The number of amides is 1. The van der Waals surface area contributed by atoms with Gasteiger partial charge in [0.25, 0.3) is 0 Å². The van der Waals surface area contributed by atoms with Gasteiger partial charge in [-0.3, -0.25) is 4.79 Å². The molecule has 0 aliphatic heterocycles. The van der Waals surface area contributed by atoms with Crippen molar-refractivity contribution in [1.82, 2.24) is 10.2 Å². The minimum atomic E-state index is -0.517. The van der Waals surface area contributed by atoms with Crippen LogP contribution >= 0.6 is 0 Å². The highest BCUT2D eigenvalue weighted by atomic mass is 16.1. The minimum Gasteiger partial charge on any atom is -0.368 e. The number of carbonyl (C=O) groups excluding carboxylic acids is 1. The molecule has 0 aromatic heterocycles. The van der Waals surface area contributed by atoms with Crippen LogP contribution < -0.4 is 11.1 Å². The SMILES string of the molecule is CCC(C)CN(C)CCCCC(C)(NC1CC1)C(N)=O. The first-order valence-corrected chi connectivity index (χ1v) is 8.13. The summed E-state index contributed by atoms with van der Waals surface area (Å²) in [5, 5.41) is 3.41. The third kappa shape index (κ3) is 6.23. The quantitative estimate of drug-likeness (QED) is 0.571. The number of primary amides is 1. The van der Waals surface area contributed by atoms with Gasteiger partial charge in [0.1, 0.15) is 0 Å². The Kier molecular flexibility index (Phi) is 6.96. The highest BCUT2D eigenvalue weighted by Gasteiger charge is 2.36. The van der Waals surface area contributed by atoms with Gasteiger partial charge in [-0.15, -0.1) is 0 Å². The monoisotopic (exact) mass is 283 g/mol. The normalized spacial score (nSPS) is 19.9. The van der Waals surface area contributed by atoms with E-state index < -0.39 is 5.54 Å². The molecular weight excluding hydrogens is 250 g/mol. The Labute approximate surface area is 124 Å². The molecule has 1 amide bonds. The summed E-state index contributed by atoms with van der Waals surface area (Å²) in [5.74, 6) is 0.546. The topological polar surface area (TPSA) is 58.4 Å². The summed E-state index contributed by atoms with van der Waals surface area (Å²) in [4.78, 5) is 14.0. The molecule has 20 heavy (non-hydrogen) atoms. The number of nitrogens with zero attached hydrogens (tertiary/aromatic N) is 1. The molecule has 1 saturated carbocycles. The summed E-state index contributed by atoms with van der Waals surface area (Å²) < 4.78 is 0. The van der Waals surface area contributed by atoms with E-state index in [1.807, 2.05) is 6.92 Å². The molecule has 1 rings (SSSR count). The van der Waals surface area contributed by atoms with E-state index in [2.05, 4.69) is 31.1 Å². The fourth-order valence-corrected chi connectivity index (χ4v) is 2.56. The maximum absolute atomic E-state index is 11.6. The van der Waals surface area contributed by atoms with E-state index >= 15 is 0 Å². The second-order valence-corrected chi connectivity index (χ2v) is 6.85. The Hall–Kier alpha value is -0.610. The van der Waals surface area contributed by atoms with E-state index in [4.69, 9.17) is 5.73 Å². The van der Waals surface area contributed by atoms with Gasteiger partial charge in [0.2, 0.25) is 5.91 Å². The minimum absolute atomic E-state index is 0.211. The fraction of sp³-hybridized carbons (Fsp3) is 0.938. The number of carbonyl (C=O) groups is 1. The zero-order valence-corrected chi connectivity index (χ0v) is 13.7. The van der Waals surface area contributed by atoms with E-state index in [0.717, 1.165) is 38.3 Å². The van der Waals surface area contributed by atoms with Crippen LogP contribution in [0.3, 0.4) is 0 Å². The summed E-state index contributed by atoms with van der Waals surface area (Å²) in [6, 6.07) is 0.514. The van der Waals surface area contributed by atoms with Gasteiger partial charge >= 0.3 is 0 Å². The van der Waals surface area contributed by atoms with Crippen LogP contribution in [-0.4, -0.2) is 42.5 Å². The molecule has 4 heteroatoms. The average Bonchev–Trinajstić information content (AvgIpc) is 3.18. The highest BCUT2D eigenvalue weighted by Crippen LogP contribution is 2.25. The van der Waals surface area contributed by atoms with Crippen LogP contribution in [0.1, 0.15) is 59.3 Å². The van der Waals surface area contributed by atoms with Crippen molar-refractivity contribution in [2.45, 2.75) is 70.9 Å². The van der Waals surface area contributed by atoms with Gasteiger partial charge in [-0.1, -0.05) is 20.3 Å². The molecule has 1 aliphatic carbocycles. The lowest BCUT2D eigenvalue weighted by Gasteiger charge is -2.28. The van der Waals surface area contributed by atoms with Gasteiger partial charge in [0, 0.05) is 12.6 Å². The van der Waals surface area contributed by atoms with Gasteiger partial charge < -0.3 is 16.0 Å². The number of rotatable bonds is 11. The summed E-state index contributed by atoms with van der Waals surface area (Å²) in [6.07, 6.45) is 6.61. The van der Waals surface area contributed by atoms with E-state index in [1.54, 1.807) is 0 Å².